The second-order valence-corrected chi connectivity index (χ2v) is 10.5. The molecule has 0 radical (unpaired) electrons. The molecule has 206 valence electrons. The molecule has 0 N–H and O–H groups in total. The Morgan fingerprint density at radius 2 is 1.81 bits per heavy atom. The van der Waals surface area contributed by atoms with Gasteiger partial charge in [-0.2, -0.15) is 0 Å². The number of aromatic nitrogens is 1. The molecule has 8 nitrogen and oxygen atoms in total. The van der Waals surface area contributed by atoms with Crippen LogP contribution >= 0.6 is 0 Å². The number of carbonyl (C=O) groups excluding carboxylic acids is 3. The van der Waals surface area contributed by atoms with Crippen molar-refractivity contribution < 1.29 is 33.3 Å². The first-order valence-electron chi connectivity index (χ1n) is 13.9. The topological polar surface area (TPSA) is 101 Å². The van der Waals surface area contributed by atoms with Crippen molar-refractivity contribution in [2.24, 2.45) is 17.8 Å². The Bertz CT molecular complexity index is 912. The molecule has 0 aromatic carbocycles. The standard InChI is InChI=1S/C29H43NO7/c1-5-16-35-27-19(2)36-29(33)23(13-9-8-12-22(27)17-21-10-6-7-11-21)18-24(32)26-28(37-20(3)31)25(34-4)14-15-30-26/h14-15,19,21-23,27H,5-13,16-18H2,1-4H3/t19-,22+,23+,27-/m0/s1. The van der Waals surface area contributed by atoms with Crippen LogP contribution in [0.25, 0.3) is 0 Å². The third-order valence-corrected chi connectivity index (χ3v) is 7.60. The SMILES string of the molecule is CCCO[C@@H]1[C@@H](CC2CCCC2)CCCC[C@H](CC(=O)c2nccc(OC)c2OC(C)=O)C(=O)O[C@H]1C. The molecule has 37 heavy (non-hydrogen) atoms. The van der Waals surface area contributed by atoms with Crippen LogP contribution in [0.15, 0.2) is 12.3 Å². The first-order chi connectivity index (χ1) is 17.8. The lowest BCUT2D eigenvalue weighted by atomic mass is 9.82. The normalized spacial score (nSPS) is 25.4. The Kier molecular flexibility index (Phi) is 11.4. The van der Waals surface area contributed by atoms with Gasteiger partial charge in [-0.3, -0.25) is 14.4 Å². The van der Waals surface area contributed by atoms with Gasteiger partial charge in [0, 0.05) is 32.2 Å². The van der Waals surface area contributed by atoms with Crippen molar-refractivity contribution in [3.8, 4) is 11.5 Å². The second-order valence-electron chi connectivity index (χ2n) is 10.5. The van der Waals surface area contributed by atoms with Crippen molar-refractivity contribution in [2.45, 2.75) is 104 Å². The Labute approximate surface area is 220 Å². The summed E-state index contributed by atoms with van der Waals surface area (Å²) in [7, 11) is 1.42. The number of rotatable bonds is 10. The fourth-order valence-corrected chi connectivity index (χ4v) is 5.80. The summed E-state index contributed by atoms with van der Waals surface area (Å²) in [5, 5.41) is 0. The van der Waals surface area contributed by atoms with Gasteiger partial charge in [-0.05, 0) is 44.4 Å². The molecule has 4 atom stereocenters. The first-order valence-corrected chi connectivity index (χ1v) is 13.9. The number of nitrogens with zero attached hydrogens (tertiary/aromatic N) is 1. The van der Waals surface area contributed by atoms with Gasteiger partial charge in [-0.25, -0.2) is 4.98 Å². The lowest BCUT2D eigenvalue weighted by molar-refractivity contribution is -0.166. The van der Waals surface area contributed by atoms with E-state index in [1.165, 1.54) is 52.0 Å². The molecule has 1 aromatic rings. The molecule has 1 aliphatic heterocycles. The predicted octanol–water partition coefficient (Wildman–Crippen LogP) is 5.70. The Morgan fingerprint density at radius 1 is 1.11 bits per heavy atom. The smallest absolute Gasteiger partial charge is 0.309 e. The van der Waals surface area contributed by atoms with E-state index < -0.39 is 18.0 Å². The molecule has 3 rings (SSSR count). The molecule has 8 heteroatoms. The van der Waals surface area contributed by atoms with E-state index in [1.807, 2.05) is 6.92 Å². The van der Waals surface area contributed by atoms with Crippen molar-refractivity contribution in [3.63, 3.8) is 0 Å². The Hall–Kier alpha value is -2.48. The number of methoxy groups -OCH3 is 1. The highest BCUT2D eigenvalue weighted by molar-refractivity contribution is 6.00. The number of Topliss-reactive ketones (excluding diaryl/α,β-unsaturated/α-hetero) is 1. The summed E-state index contributed by atoms with van der Waals surface area (Å²) >= 11 is 0. The van der Waals surface area contributed by atoms with Gasteiger partial charge in [0.1, 0.15) is 6.10 Å². The zero-order chi connectivity index (χ0) is 26.8. The van der Waals surface area contributed by atoms with Gasteiger partial charge in [-0.15, -0.1) is 0 Å². The van der Waals surface area contributed by atoms with E-state index in [-0.39, 0.29) is 41.5 Å². The zero-order valence-corrected chi connectivity index (χ0v) is 22.8. The fraction of sp³-hybridized carbons (Fsp3) is 0.724. The van der Waals surface area contributed by atoms with Crippen molar-refractivity contribution in [2.75, 3.05) is 13.7 Å². The van der Waals surface area contributed by atoms with Crippen molar-refractivity contribution in [3.05, 3.63) is 18.0 Å². The second kappa shape index (κ2) is 14.5. The van der Waals surface area contributed by atoms with Crippen LogP contribution in [0.3, 0.4) is 0 Å². The monoisotopic (exact) mass is 517 g/mol. The van der Waals surface area contributed by atoms with E-state index in [2.05, 4.69) is 11.9 Å². The average molecular weight is 518 g/mol. The van der Waals surface area contributed by atoms with E-state index >= 15 is 0 Å². The molecular formula is C29H43NO7. The van der Waals surface area contributed by atoms with Crippen LogP contribution in [-0.2, 0) is 19.1 Å². The van der Waals surface area contributed by atoms with Crippen LogP contribution in [-0.4, -0.2) is 48.6 Å². The fourth-order valence-electron chi connectivity index (χ4n) is 5.80. The van der Waals surface area contributed by atoms with Crippen LogP contribution in [0.1, 0.15) is 102 Å². The number of esters is 2. The molecule has 1 saturated heterocycles. The third-order valence-electron chi connectivity index (χ3n) is 7.60. The van der Waals surface area contributed by atoms with E-state index in [4.69, 9.17) is 18.9 Å². The number of ketones is 1. The minimum Gasteiger partial charge on any atom is -0.493 e. The number of ether oxygens (including phenoxy) is 4. The first kappa shape index (κ1) is 29.1. The molecule has 0 bridgehead atoms. The number of cyclic esters (lactones) is 1. The summed E-state index contributed by atoms with van der Waals surface area (Å²) in [6.07, 6.45) is 11.4. The molecule has 2 fully saturated rings. The molecule has 1 aromatic heterocycles. The minimum atomic E-state index is -0.605. The molecule has 1 aliphatic carbocycles. The van der Waals surface area contributed by atoms with Gasteiger partial charge in [0.05, 0.1) is 19.1 Å². The Balaban J connectivity index is 1.75. The largest absolute Gasteiger partial charge is 0.493 e. The summed E-state index contributed by atoms with van der Waals surface area (Å²) in [6, 6.07) is 1.52. The maximum atomic E-state index is 13.3. The van der Waals surface area contributed by atoms with Crippen LogP contribution in [0.5, 0.6) is 11.5 Å². The zero-order valence-electron chi connectivity index (χ0n) is 22.8. The summed E-state index contributed by atoms with van der Waals surface area (Å²) in [5.74, 6) is -0.654. The van der Waals surface area contributed by atoms with Gasteiger partial charge in [0.15, 0.2) is 17.2 Å². The van der Waals surface area contributed by atoms with Gasteiger partial charge >= 0.3 is 11.9 Å². The van der Waals surface area contributed by atoms with E-state index in [1.54, 1.807) is 0 Å². The molecule has 0 unspecified atom stereocenters. The van der Waals surface area contributed by atoms with Crippen molar-refractivity contribution in [1.29, 1.82) is 0 Å². The summed E-state index contributed by atoms with van der Waals surface area (Å²) in [4.78, 5) is 42.4. The van der Waals surface area contributed by atoms with Crippen LogP contribution in [0, 0.1) is 17.8 Å². The molecule has 2 aliphatic rings. The van der Waals surface area contributed by atoms with Crippen molar-refractivity contribution >= 4 is 17.7 Å². The van der Waals surface area contributed by atoms with Gasteiger partial charge in [0.2, 0.25) is 5.75 Å². The maximum absolute atomic E-state index is 13.3. The highest BCUT2D eigenvalue weighted by Crippen LogP contribution is 2.37. The number of pyridine rings is 1. The third kappa shape index (κ3) is 8.25. The van der Waals surface area contributed by atoms with Crippen LogP contribution in [0.2, 0.25) is 0 Å². The summed E-state index contributed by atoms with van der Waals surface area (Å²) in [5.41, 5.74) is -0.0201. The van der Waals surface area contributed by atoms with E-state index in [0.717, 1.165) is 38.0 Å². The lowest BCUT2D eigenvalue weighted by Gasteiger charge is -2.35. The molecule has 0 amide bonds. The molecule has 0 spiro atoms. The van der Waals surface area contributed by atoms with Crippen LogP contribution < -0.4 is 9.47 Å². The molecule has 2 heterocycles. The van der Waals surface area contributed by atoms with E-state index in [9.17, 15) is 14.4 Å². The minimum absolute atomic E-state index is 0.0201. The van der Waals surface area contributed by atoms with E-state index in [0.29, 0.717) is 18.9 Å². The lowest BCUT2D eigenvalue weighted by Crippen LogP contribution is -2.40. The summed E-state index contributed by atoms with van der Waals surface area (Å²) in [6.45, 7) is 5.89. The maximum Gasteiger partial charge on any atom is 0.309 e. The molecule has 1 saturated carbocycles. The predicted molar refractivity (Wildman–Crippen MR) is 139 cm³/mol. The van der Waals surface area contributed by atoms with Crippen LogP contribution in [0.4, 0.5) is 0 Å². The quantitative estimate of drug-likeness (QED) is 0.288. The van der Waals surface area contributed by atoms with Gasteiger partial charge < -0.3 is 18.9 Å². The van der Waals surface area contributed by atoms with Crippen molar-refractivity contribution in [1.82, 2.24) is 4.98 Å². The van der Waals surface area contributed by atoms with Gasteiger partial charge in [-0.1, -0.05) is 45.4 Å². The number of carbonyl (C=O) groups is 3. The summed E-state index contributed by atoms with van der Waals surface area (Å²) < 4.78 is 22.8. The van der Waals surface area contributed by atoms with Gasteiger partial charge in [0.25, 0.3) is 0 Å². The number of hydrogen-bond acceptors (Lipinski definition) is 8. The number of hydrogen-bond donors (Lipinski definition) is 0. The highest BCUT2D eigenvalue weighted by Gasteiger charge is 2.36. The average Bonchev–Trinajstić information content (AvgIpc) is 3.38. The Morgan fingerprint density at radius 3 is 2.49 bits per heavy atom. The highest BCUT2D eigenvalue weighted by atomic mass is 16.6. The molecular weight excluding hydrogens is 474 g/mol.